The van der Waals surface area contributed by atoms with Crippen LogP contribution in [-0.4, -0.2) is 33.2 Å². The van der Waals surface area contributed by atoms with Gasteiger partial charge in [0.1, 0.15) is 5.82 Å². The van der Waals surface area contributed by atoms with Crippen molar-refractivity contribution in [3.8, 4) is 0 Å². The van der Waals surface area contributed by atoms with Crippen molar-refractivity contribution in [1.29, 1.82) is 0 Å². The highest BCUT2D eigenvalue weighted by Crippen LogP contribution is 2.31. The zero-order chi connectivity index (χ0) is 11.5. The third-order valence-electron chi connectivity index (χ3n) is 3.01. The molecule has 1 aliphatic heterocycles. The standard InChI is InChI=1S/C12H18FN3/c1-15-6-2-7-16(8-5-14)11-4-3-10(13)9-12(11)15/h3-4,9H,2,5-8,14H2,1H3. The number of nitrogens with zero attached hydrogens (tertiary/aromatic N) is 2. The molecule has 2 rings (SSSR count). The van der Waals surface area contributed by atoms with Gasteiger partial charge in [-0.3, -0.25) is 0 Å². The van der Waals surface area contributed by atoms with Crippen molar-refractivity contribution in [3.63, 3.8) is 0 Å². The summed E-state index contributed by atoms with van der Waals surface area (Å²) >= 11 is 0. The summed E-state index contributed by atoms with van der Waals surface area (Å²) < 4.78 is 13.2. The molecule has 0 unspecified atom stereocenters. The van der Waals surface area contributed by atoms with E-state index in [4.69, 9.17) is 5.73 Å². The molecule has 88 valence electrons. The molecule has 0 spiro atoms. The molecular formula is C12H18FN3. The van der Waals surface area contributed by atoms with E-state index in [1.165, 1.54) is 6.07 Å². The third kappa shape index (κ3) is 2.11. The number of hydrogen-bond donors (Lipinski definition) is 1. The highest BCUT2D eigenvalue weighted by atomic mass is 19.1. The van der Waals surface area contributed by atoms with E-state index < -0.39 is 0 Å². The van der Waals surface area contributed by atoms with Crippen LogP contribution in [0, 0.1) is 5.82 Å². The number of rotatable bonds is 2. The smallest absolute Gasteiger partial charge is 0.125 e. The van der Waals surface area contributed by atoms with Gasteiger partial charge in [-0.15, -0.1) is 0 Å². The lowest BCUT2D eigenvalue weighted by Crippen LogP contribution is -2.29. The van der Waals surface area contributed by atoms with Gasteiger partial charge < -0.3 is 15.5 Å². The fraction of sp³-hybridized carbons (Fsp3) is 0.500. The lowest BCUT2D eigenvalue weighted by atomic mass is 10.2. The Morgan fingerprint density at radius 1 is 1.31 bits per heavy atom. The van der Waals surface area contributed by atoms with E-state index >= 15 is 0 Å². The first-order valence-corrected chi connectivity index (χ1v) is 5.68. The molecule has 1 aromatic rings. The molecule has 0 saturated heterocycles. The molecule has 16 heavy (non-hydrogen) atoms. The van der Waals surface area contributed by atoms with Crippen LogP contribution < -0.4 is 15.5 Å². The maximum Gasteiger partial charge on any atom is 0.125 e. The lowest BCUT2D eigenvalue weighted by Gasteiger charge is -2.25. The van der Waals surface area contributed by atoms with Crippen LogP contribution in [-0.2, 0) is 0 Å². The van der Waals surface area contributed by atoms with Gasteiger partial charge in [0.05, 0.1) is 11.4 Å². The topological polar surface area (TPSA) is 32.5 Å². The zero-order valence-corrected chi connectivity index (χ0v) is 9.62. The maximum atomic E-state index is 13.2. The number of fused-ring (bicyclic) bond motifs is 1. The Bertz CT molecular complexity index is 367. The van der Waals surface area contributed by atoms with E-state index in [0.29, 0.717) is 6.54 Å². The molecule has 0 bridgehead atoms. The van der Waals surface area contributed by atoms with Gasteiger partial charge in [-0.05, 0) is 24.6 Å². The quantitative estimate of drug-likeness (QED) is 0.823. The predicted molar refractivity (Wildman–Crippen MR) is 65.6 cm³/mol. The molecule has 0 aliphatic carbocycles. The molecule has 0 amide bonds. The van der Waals surface area contributed by atoms with Crippen molar-refractivity contribution in [1.82, 2.24) is 0 Å². The minimum Gasteiger partial charge on any atom is -0.373 e. The second kappa shape index (κ2) is 4.70. The monoisotopic (exact) mass is 223 g/mol. The Kier molecular flexibility index (Phi) is 3.29. The van der Waals surface area contributed by atoms with Crippen LogP contribution in [0.2, 0.25) is 0 Å². The first-order valence-electron chi connectivity index (χ1n) is 5.68. The summed E-state index contributed by atoms with van der Waals surface area (Å²) in [7, 11) is 2.00. The largest absolute Gasteiger partial charge is 0.373 e. The van der Waals surface area contributed by atoms with Crippen LogP contribution in [0.4, 0.5) is 15.8 Å². The summed E-state index contributed by atoms with van der Waals surface area (Å²) in [4.78, 5) is 4.34. The molecule has 0 aromatic heterocycles. The number of anilines is 2. The molecule has 0 fully saturated rings. The first kappa shape index (κ1) is 11.2. The Morgan fingerprint density at radius 2 is 2.12 bits per heavy atom. The van der Waals surface area contributed by atoms with E-state index in [2.05, 4.69) is 9.80 Å². The Morgan fingerprint density at radius 3 is 2.88 bits per heavy atom. The first-order chi connectivity index (χ1) is 7.72. The number of benzene rings is 1. The van der Waals surface area contributed by atoms with E-state index in [1.54, 1.807) is 6.07 Å². The van der Waals surface area contributed by atoms with Gasteiger partial charge in [0.15, 0.2) is 0 Å². The SMILES string of the molecule is CN1CCCN(CCN)c2ccc(F)cc21. The van der Waals surface area contributed by atoms with Gasteiger partial charge in [-0.25, -0.2) is 4.39 Å². The molecule has 1 aromatic carbocycles. The zero-order valence-electron chi connectivity index (χ0n) is 9.62. The maximum absolute atomic E-state index is 13.2. The van der Waals surface area contributed by atoms with Crippen molar-refractivity contribution in [2.45, 2.75) is 6.42 Å². The van der Waals surface area contributed by atoms with Crippen molar-refractivity contribution < 1.29 is 4.39 Å². The lowest BCUT2D eigenvalue weighted by molar-refractivity contribution is 0.627. The van der Waals surface area contributed by atoms with Crippen LogP contribution in [0.15, 0.2) is 18.2 Å². The normalized spacial score (nSPS) is 15.9. The van der Waals surface area contributed by atoms with Gasteiger partial charge >= 0.3 is 0 Å². The fourth-order valence-electron chi connectivity index (χ4n) is 2.20. The molecule has 0 atom stereocenters. The summed E-state index contributed by atoms with van der Waals surface area (Å²) in [5.74, 6) is -0.180. The van der Waals surface area contributed by atoms with Crippen molar-refractivity contribution in [3.05, 3.63) is 24.0 Å². The molecular weight excluding hydrogens is 205 g/mol. The van der Waals surface area contributed by atoms with E-state index in [0.717, 1.165) is 37.4 Å². The van der Waals surface area contributed by atoms with Crippen molar-refractivity contribution >= 4 is 11.4 Å². The van der Waals surface area contributed by atoms with Gasteiger partial charge in [-0.1, -0.05) is 0 Å². The average molecular weight is 223 g/mol. The van der Waals surface area contributed by atoms with Gasteiger partial charge in [-0.2, -0.15) is 0 Å². The minimum absolute atomic E-state index is 0.180. The fourth-order valence-corrected chi connectivity index (χ4v) is 2.20. The Balaban J connectivity index is 2.39. The molecule has 3 nitrogen and oxygen atoms in total. The molecule has 1 aliphatic rings. The second-order valence-electron chi connectivity index (χ2n) is 4.18. The van der Waals surface area contributed by atoms with Crippen LogP contribution in [0.5, 0.6) is 0 Å². The number of halogens is 1. The highest BCUT2D eigenvalue weighted by molar-refractivity contribution is 5.72. The van der Waals surface area contributed by atoms with Crippen LogP contribution in [0.25, 0.3) is 0 Å². The summed E-state index contributed by atoms with van der Waals surface area (Å²) in [6.07, 6.45) is 1.08. The summed E-state index contributed by atoms with van der Waals surface area (Å²) in [5, 5.41) is 0. The van der Waals surface area contributed by atoms with E-state index in [1.807, 2.05) is 13.1 Å². The predicted octanol–water partition coefficient (Wildman–Crippen LogP) is 1.43. The second-order valence-corrected chi connectivity index (χ2v) is 4.18. The highest BCUT2D eigenvalue weighted by Gasteiger charge is 2.18. The van der Waals surface area contributed by atoms with Gasteiger partial charge in [0, 0.05) is 33.2 Å². The van der Waals surface area contributed by atoms with Gasteiger partial charge in [0.2, 0.25) is 0 Å². The number of nitrogens with two attached hydrogens (primary N) is 1. The van der Waals surface area contributed by atoms with Crippen LogP contribution >= 0.6 is 0 Å². The molecule has 2 N–H and O–H groups in total. The van der Waals surface area contributed by atoms with Crippen molar-refractivity contribution in [2.24, 2.45) is 5.73 Å². The van der Waals surface area contributed by atoms with Crippen LogP contribution in [0.1, 0.15) is 6.42 Å². The Hall–Kier alpha value is -1.29. The molecule has 0 radical (unpaired) electrons. The average Bonchev–Trinajstić information content (AvgIpc) is 2.41. The Labute approximate surface area is 95.6 Å². The van der Waals surface area contributed by atoms with Crippen LogP contribution in [0.3, 0.4) is 0 Å². The minimum atomic E-state index is -0.180. The van der Waals surface area contributed by atoms with Crippen molar-refractivity contribution in [2.75, 3.05) is 43.0 Å². The summed E-state index contributed by atoms with van der Waals surface area (Å²) in [6.45, 7) is 3.39. The van der Waals surface area contributed by atoms with E-state index in [9.17, 15) is 4.39 Å². The molecule has 0 saturated carbocycles. The number of hydrogen-bond acceptors (Lipinski definition) is 3. The summed E-state index contributed by atoms with van der Waals surface area (Å²) in [6, 6.07) is 4.97. The van der Waals surface area contributed by atoms with Gasteiger partial charge in [0.25, 0.3) is 0 Å². The molecule has 1 heterocycles. The van der Waals surface area contributed by atoms with E-state index in [-0.39, 0.29) is 5.82 Å². The third-order valence-corrected chi connectivity index (χ3v) is 3.01. The molecule has 4 heteroatoms. The summed E-state index contributed by atoms with van der Waals surface area (Å²) in [5.41, 5.74) is 7.66.